The monoisotopic (exact) mass is 540 g/mol. The summed E-state index contributed by atoms with van der Waals surface area (Å²) in [5, 5.41) is 20.4. The van der Waals surface area contributed by atoms with Crippen LogP contribution in [0.25, 0.3) is 10.9 Å². The van der Waals surface area contributed by atoms with Crippen LogP contribution in [0.3, 0.4) is 0 Å². The van der Waals surface area contributed by atoms with Crippen molar-refractivity contribution in [2.75, 3.05) is 33.3 Å². The molecule has 1 saturated heterocycles. The highest BCUT2D eigenvalue weighted by atomic mass is 79.9. The number of halogens is 1. The first-order chi connectivity index (χ1) is 16.7. The number of urea groups is 1. The van der Waals surface area contributed by atoms with Gasteiger partial charge in [0.05, 0.1) is 6.61 Å². The third-order valence-corrected chi connectivity index (χ3v) is 7.71. The van der Waals surface area contributed by atoms with E-state index in [0.29, 0.717) is 32.5 Å². The molecule has 184 valence electrons. The minimum Gasteiger partial charge on any atom is -0.508 e. The number of hydrogen-bond donors (Lipinski definition) is 3. The van der Waals surface area contributed by atoms with Crippen LogP contribution in [-0.4, -0.2) is 80.7 Å². The van der Waals surface area contributed by atoms with Gasteiger partial charge in [0.15, 0.2) is 0 Å². The smallest absolute Gasteiger partial charge is 0.328 e. The molecule has 0 bridgehead atoms. The van der Waals surface area contributed by atoms with Gasteiger partial charge in [-0.3, -0.25) is 14.6 Å². The van der Waals surface area contributed by atoms with Crippen LogP contribution in [0.5, 0.6) is 5.75 Å². The van der Waals surface area contributed by atoms with Crippen molar-refractivity contribution in [1.29, 1.82) is 0 Å². The van der Waals surface area contributed by atoms with Crippen molar-refractivity contribution in [1.82, 2.24) is 19.7 Å². The van der Waals surface area contributed by atoms with Crippen molar-refractivity contribution in [2.24, 2.45) is 0 Å². The van der Waals surface area contributed by atoms with E-state index in [4.69, 9.17) is 5.11 Å². The van der Waals surface area contributed by atoms with E-state index in [2.05, 4.69) is 20.9 Å². The summed E-state index contributed by atoms with van der Waals surface area (Å²) < 4.78 is 0.940. The lowest BCUT2D eigenvalue weighted by Gasteiger charge is -2.42. The second-order valence-corrected chi connectivity index (χ2v) is 10.6. The number of fused-ring (bicyclic) bond motifs is 4. The predicted octanol–water partition coefficient (Wildman–Crippen LogP) is 3.62. The van der Waals surface area contributed by atoms with Gasteiger partial charge in [0.2, 0.25) is 0 Å². The van der Waals surface area contributed by atoms with Gasteiger partial charge in [-0.25, -0.2) is 4.79 Å². The minimum absolute atomic E-state index is 0.0668. The second kappa shape index (κ2) is 8.96. The molecule has 3 amide bonds. The molecule has 0 aliphatic carbocycles. The summed E-state index contributed by atoms with van der Waals surface area (Å²) in [6, 6.07) is 12.0. The van der Waals surface area contributed by atoms with Crippen molar-refractivity contribution in [3.05, 3.63) is 63.8 Å². The summed E-state index contributed by atoms with van der Waals surface area (Å²) in [6.07, 6.45) is 1.02. The van der Waals surface area contributed by atoms with Crippen molar-refractivity contribution in [2.45, 2.75) is 31.3 Å². The molecule has 8 nitrogen and oxygen atoms in total. The zero-order valence-electron chi connectivity index (χ0n) is 19.8. The minimum atomic E-state index is -1.05. The van der Waals surface area contributed by atoms with Crippen LogP contribution < -0.4 is 0 Å². The summed E-state index contributed by atoms with van der Waals surface area (Å²) >= 11 is 3.56. The van der Waals surface area contributed by atoms with Crippen LogP contribution in [0.4, 0.5) is 4.79 Å². The summed E-state index contributed by atoms with van der Waals surface area (Å²) in [5.41, 5.74) is 2.52. The zero-order chi connectivity index (χ0) is 24.9. The molecular weight excluding hydrogens is 512 g/mol. The zero-order valence-corrected chi connectivity index (χ0v) is 21.4. The van der Waals surface area contributed by atoms with Gasteiger partial charge in [0.1, 0.15) is 17.3 Å². The van der Waals surface area contributed by atoms with Gasteiger partial charge in [-0.2, -0.15) is 0 Å². The Morgan fingerprint density at radius 3 is 2.74 bits per heavy atom. The summed E-state index contributed by atoms with van der Waals surface area (Å²) in [6.45, 7) is 3.44. The van der Waals surface area contributed by atoms with Crippen LogP contribution in [0.1, 0.15) is 36.2 Å². The number of phenolic OH excluding ortho intramolecular Hbond substituents is 1. The Morgan fingerprint density at radius 1 is 1.20 bits per heavy atom. The molecule has 3 aromatic rings. The SMILES string of the molecule is CN(CCO)CCCN1C(=O)N2[C@H](c3cccc(O)c3)c3[nH]c4ccc(Br)cc4c3C[C@@]2(C)C1=O. The number of benzene rings is 2. The maximum atomic E-state index is 13.8. The van der Waals surface area contributed by atoms with Crippen molar-refractivity contribution in [3.8, 4) is 5.75 Å². The number of aromatic hydroxyl groups is 1. The number of hydrogen-bond acceptors (Lipinski definition) is 5. The molecule has 2 aliphatic rings. The Balaban J connectivity index is 1.58. The molecule has 3 heterocycles. The number of aromatic amines is 1. The molecule has 0 saturated carbocycles. The fourth-order valence-electron chi connectivity index (χ4n) is 5.50. The van der Waals surface area contributed by atoms with E-state index >= 15 is 0 Å². The number of amides is 3. The first-order valence-corrected chi connectivity index (χ1v) is 12.6. The number of carbonyl (C=O) groups is 2. The predicted molar refractivity (Wildman–Crippen MR) is 136 cm³/mol. The molecule has 5 rings (SSSR count). The number of rotatable bonds is 7. The number of carbonyl (C=O) groups excluding carboxylic acids is 2. The number of phenols is 1. The molecule has 0 spiro atoms. The molecule has 9 heteroatoms. The standard InChI is InChI=1S/C26H29BrN4O4/c1-26-15-20-19-14-17(27)7-8-21(19)28-22(20)23(16-5-3-6-18(33)13-16)31(26)25(35)30(24(26)34)10-4-9-29(2)11-12-32/h3,5-8,13-14,23,28,32-33H,4,9-12,15H2,1-2H3/t23-,26+/m1/s1. The van der Waals surface area contributed by atoms with Crippen LogP contribution >= 0.6 is 15.9 Å². The Labute approximate surface area is 212 Å². The van der Waals surface area contributed by atoms with Gasteiger partial charge in [0.25, 0.3) is 5.91 Å². The van der Waals surface area contributed by atoms with Gasteiger partial charge >= 0.3 is 6.03 Å². The van der Waals surface area contributed by atoms with Gasteiger partial charge in [-0.15, -0.1) is 0 Å². The molecule has 35 heavy (non-hydrogen) atoms. The average molecular weight is 541 g/mol. The maximum Gasteiger partial charge on any atom is 0.328 e. The van der Waals surface area contributed by atoms with Gasteiger partial charge < -0.3 is 20.1 Å². The number of nitrogens with one attached hydrogen (secondary N) is 1. The van der Waals surface area contributed by atoms with E-state index in [1.807, 2.05) is 43.1 Å². The normalized spacial score (nSPS) is 21.8. The molecule has 2 aliphatic heterocycles. The lowest BCUT2D eigenvalue weighted by molar-refractivity contribution is -0.133. The van der Waals surface area contributed by atoms with E-state index in [1.165, 1.54) is 4.90 Å². The Morgan fingerprint density at radius 2 is 2.00 bits per heavy atom. The van der Waals surface area contributed by atoms with Gasteiger partial charge in [0, 0.05) is 40.6 Å². The highest BCUT2D eigenvalue weighted by Gasteiger charge is 2.60. The average Bonchev–Trinajstić information content (AvgIpc) is 3.25. The van der Waals surface area contributed by atoms with E-state index in [1.54, 1.807) is 23.1 Å². The van der Waals surface area contributed by atoms with Crippen LogP contribution in [0.15, 0.2) is 46.9 Å². The van der Waals surface area contributed by atoms with E-state index in [9.17, 15) is 14.7 Å². The summed E-state index contributed by atoms with van der Waals surface area (Å²) in [7, 11) is 1.90. The topological polar surface area (TPSA) is 100 Å². The summed E-state index contributed by atoms with van der Waals surface area (Å²) in [5.74, 6) is -0.0932. The molecule has 2 aromatic carbocycles. The Hall–Kier alpha value is -2.88. The lowest BCUT2D eigenvalue weighted by Crippen LogP contribution is -2.53. The fourth-order valence-corrected chi connectivity index (χ4v) is 5.87. The third-order valence-electron chi connectivity index (χ3n) is 7.22. The van der Waals surface area contributed by atoms with Crippen LogP contribution in [-0.2, 0) is 11.2 Å². The number of imide groups is 1. The molecule has 3 N–H and O–H groups in total. The molecule has 0 unspecified atom stereocenters. The van der Waals surface area contributed by atoms with Gasteiger partial charge in [-0.1, -0.05) is 28.1 Å². The third kappa shape index (κ3) is 3.91. The van der Waals surface area contributed by atoms with Crippen LogP contribution in [0.2, 0.25) is 0 Å². The van der Waals surface area contributed by atoms with Crippen molar-refractivity contribution >= 4 is 38.8 Å². The summed E-state index contributed by atoms with van der Waals surface area (Å²) in [4.78, 5) is 36.1. The molecule has 2 atom stereocenters. The second-order valence-electron chi connectivity index (χ2n) is 9.65. The first kappa shape index (κ1) is 23.8. The van der Waals surface area contributed by atoms with E-state index in [0.717, 1.165) is 32.2 Å². The number of aliphatic hydroxyl groups is 1. The molecule has 0 radical (unpaired) electrons. The van der Waals surface area contributed by atoms with Gasteiger partial charge in [-0.05, 0) is 68.4 Å². The lowest BCUT2D eigenvalue weighted by atomic mass is 9.81. The highest BCUT2D eigenvalue weighted by molar-refractivity contribution is 9.10. The molecular formula is C26H29BrN4O4. The number of aliphatic hydroxyl groups excluding tert-OH is 1. The quantitative estimate of drug-likeness (QED) is 0.397. The van der Waals surface area contributed by atoms with Crippen molar-refractivity contribution < 1.29 is 19.8 Å². The highest BCUT2D eigenvalue weighted by Crippen LogP contribution is 2.49. The number of nitrogens with zero attached hydrogens (tertiary/aromatic N) is 3. The Kier molecular flexibility index (Phi) is 6.11. The van der Waals surface area contributed by atoms with E-state index < -0.39 is 11.6 Å². The van der Waals surface area contributed by atoms with Crippen molar-refractivity contribution in [3.63, 3.8) is 0 Å². The van der Waals surface area contributed by atoms with E-state index in [-0.39, 0.29) is 24.3 Å². The molecule has 1 fully saturated rings. The maximum absolute atomic E-state index is 13.8. The Bertz CT molecular complexity index is 1310. The van der Waals surface area contributed by atoms with Crippen LogP contribution in [0, 0.1) is 0 Å². The molecule has 1 aromatic heterocycles. The number of H-pyrrole nitrogens is 1. The number of aromatic nitrogens is 1. The fraction of sp³-hybridized carbons (Fsp3) is 0.385. The number of likely N-dealkylation sites (N-methyl/N-ethyl adjacent to an activating group) is 1. The largest absolute Gasteiger partial charge is 0.508 e. The first-order valence-electron chi connectivity index (χ1n) is 11.8.